The molecule has 2 aromatic rings. The van der Waals surface area contributed by atoms with Gasteiger partial charge in [-0.3, -0.25) is 4.79 Å². The van der Waals surface area contributed by atoms with Gasteiger partial charge in [-0.1, -0.05) is 30.3 Å². The lowest BCUT2D eigenvalue weighted by molar-refractivity contribution is -0.132. The highest BCUT2D eigenvalue weighted by molar-refractivity contribution is 5.82. The average molecular weight is 370 g/mol. The molecule has 1 aromatic carbocycles. The lowest BCUT2D eigenvalue weighted by Gasteiger charge is -2.32. The number of nitrogens with zero attached hydrogens (tertiary/aromatic N) is 3. The van der Waals surface area contributed by atoms with Crippen molar-refractivity contribution >= 4 is 12.0 Å². The fraction of sp³-hybridized carbons (Fsp3) is 0.368. The first-order valence-electron chi connectivity index (χ1n) is 8.85. The molecule has 0 unspecified atom stereocenters. The third-order valence-electron chi connectivity index (χ3n) is 4.17. The Kier molecular flexibility index (Phi) is 6.56. The smallest absolute Gasteiger partial charge is 0.407 e. The van der Waals surface area contributed by atoms with Gasteiger partial charge in [-0.25, -0.2) is 14.8 Å². The van der Waals surface area contributed by atoms with Gasteiger partial charge in [-0.05, 0) is 18.4 Å². The van der Waals surface area contributed by atoms with Crippen molar-refractivity contribution in [3.05, 3.63) is 54.5 Å². The second-order valence-electron chi connectivity index (χ2n) is 6.18. The van der Waals surface area contributed by atoms with Crippen molar-refractivity contribution in [2.75, 3.05) is 19.6 Å². The van der Waals surface area contributed by atoms with Gasteiger partial charge in [0.25, 0.3) is 0 Å². The Morgan fingerprint density at radius 1 is 1.22 bits per heavy atom. The van der Waals surface area contributed by atoms with Crippen LogP contribution in [-0.4, -0.2) is 52.6 Å². The van der Waals surface area contributed by atoms with Crippen molar-refractivity contribution in [1.29, 1.82) is 0 Å². The standard InChI is InChI=1S/C19H22N4O4/c24-18(11-21-19(25)26-13-15-5-2-1-3-6-15)23-10-4-7-16(12-23)27-17-8-9-20-14-22-17/h1-3,5-6,8-9,14,16H,4,7,10-13H2,(H,21,25)/t16-/m0/s1. The molecular formula is C19H22N4O4. The molecule has 27 heavy (non-hydrogen) atoms. The lowest BCUT2D eigenvalue weighted by Crippen LogP contribution is -2.48. The quantitative estimate of drug-likeness (QED) is 0.833. The van der Waals surface area contributed by atoms with Crippen molar-refractivity contribution < 1.29 is 19.1 Å². The molecule has 3 rings (SSSR count). The normalized spacial score (nSPS) is 16.4. The van der Waals surface area contributed by atoms with Gasteiger partial charge in [0.1, 0.15) is 25.6 Å². The molecule has 0 radical (unpaired) electrons. The van der Waals surface area contributed by atoms with E-state index >= 15 is 0 Å². The minimum absolute atomic E-state index is 0.103. The van der Waals surface area contributed by atoms with Crippen LogP contribution in [0, 0.1) is 0 Å². The van der Waals surface area contributed by atoms with Crippen LogP contribution in [0.3, 0.4) is 0 Å². The maximum Gasteiger partial charge on any atom is 0.407 e. The zero-order chi connectivity index (χ0) is 18.9. The molecule has 0 spiro atoms. The number of alkyl carbamates (subject to hydrolysis) is 1. The number of likely N-dealkylation sites (tertiary alicyclic amines) is 1. The van der Waals surface area contributed by atoms with E-state index in [4.69, 9.17) is 9.47 Å². The highest BCUT2D eigenvalue weighted by atomic mass is 16.5. The minimum atomic E-state index is -0.613. The van der Waals surface area contributed by atoms with E-state index in [1.807, 2.05) is 30.3 Å². The summed E-state index contributed by atoms with van der Waals surface area (Å²) in [5, 5.41) is 2.50. The van der Waals surface area contributed by atoms with Gasteiger partial charge < -0.3 is 19.7 Å². The summed E-state index contributed by atoms with van der Waals surface area (Å²) < 4.78 is 10.9. The molecule has 1 aliphatic rings. The van der Waals surface area contributed by atoms with Gasteiger partial charge >= 0.3 is 6.09 Å². The Bertz CT molecular complexity index is 742. The number of nitrogens with one attached hydrogen (secondary N) is 1. The summed E-state index contributed by atoms with van der Waals surface area (Å²) in [6.45, 7) is 1.17. The highest BCUT2D eigenvalue weighted by Gasteiger charge is 2.25. The Balaban J connectivity index is 1.40. The minimum Gasteiger partial charge on any atom is -0.472 e. The largest absolute Gasteiger partial charge is 0.472 e. The average Bonchev–Trinajstić information content (AvgIpc) is 2.72. The highest BCUT2D eigenvalue weighted by Crippen LogP contribution is 2.16. The van der Waals surface area contributed by atoms with Crippen LogP contribution in [0.1, 0.15) is 18.4 Å². The SMILES string of the molecule is O=C(NCC(=O)N1CCC[C@H](Oc2ccncn2)C1)OCc1ccccc1. The predicted octanol–water partition coefficient (Wildman–Crippen LogP) is 1.77. The van der Waals surface area contributed by atoms with Crippen molar-refractivity contribution in [2.24, 2.45) is 0 Å². The Hall–Kier alpha value is -3.16. The number of rotatable bonds is 6. The van der Waals surface area contributed by atoms with Crippen molar-refractivity contribution in [2.45, 2.75) is 25.6 Å². The number of ether oxygens (including phenoxy) is 2. The summed E-state index contributed by atoms with van der Waals surface area (Å²) >= 11 is 0. The van der Waals surface area contributed by atoms with Crippen LogP contribution in [0.25, 0.3) is 0 Å². The van der Waals surface area contributed by atoms with Gasteiger partial charge in [0.15, 0.2) is 0 Å². The van der Waals surface area contributed by atoms with Gasteiger partial charge in [0.05, 0.1) is 6.54 Å². The lowest BCUT2D eigenvalue weighted by atomic mass is 10.1. The number of carbonyl (C=O) groups is 2. The zero-order valence-electron chi connectivity index (χ0n) is 14.9. The van der Waals surface area contributed by atoms with E-state index in [-0.39, 0.29) is 25.2 Å². The fourth-order valence-electron chi connectivity index (χ4n) is 2.81. The van der Waals surface area contributed by atoms with Crippen molar-refractivity contribution in [3.63, 3.8) is 0 Å². The molecule has 1 fully saturated rings. The summed E-state index contributed by atoms with van der Waals surface area (Å²) in [6.07, 6.45) is 3.98. The molecule has 0 saturated carbocycles. The van der Waals surface area contributed by atoms with Crippen molar-refractivity contribution in [1.82, 2.24) is 20.2 Å². The maximum absolute atomic E-state index is 12.3. The monoisotopic (exact) mass is 370 g/mol. The van der Waals surface area contributed by atoms with Gasteiger partial charge in [-0.2, -0.15) is 0 Å². The number of hydrogen-bond donors (Lipinski definition) is 1. The molecule has 1 aliphatic heterocycles. The van der Waals surface area contributed by atoms with E-state index in [1.165, 1.54) is 6.33 Å². The molecule has 1 saturated heterocycles. The molecule has 8 heteroatoms. The molecule has 142 valence electrons. The molecule has 1 atom stereocenters. The number of benzene rings is 1. The molecule has 2 heterocycles. The first-order valence-corrected chi connectivity index (χ1v) is 8.85. The predicted molar refractivity (Wildman–Crippen MR) is 96.9 cm³/mol. The number of hydrogen-bond acceptors (Lipinski definition) is 6. The summed E-state index contributed by atoms with van der Waals surface area (Å²) in [4.78, 5) is 33.7. The first-order chi connectivity index (χ1) is 13.2. The summed E-state index contributed by atoms with van der Waals surface area (Å²) in [6, 6.07) is 11.1. The van der Waals surface area contributed by atoms with Crippen molar-refractivity contribution in [3.8, 4) is 5.88 Å². The van der Waals surface area contributed by atoms with Crippen LogP contribution in [0.15, 0.2) is 48.9 Å². The van der Waals surface area contributed by atoms with Crippen LogP contribution in [0.5, 0.6) is 5.88 Å². The fourth-order valence-corrected chi connectivity index (χ4v) is 2.81. The Morgan fingerprint density at radius 3 is 2.85 bits per heavy atom. The molecule has 0 aliphatic carbocycles. The summed E-state index contributed by atoms with van der Waals surface area (Å²) in [5.41, 5.74) is 0.889. The maximum atomic E-state index is 12.3. The van der Waals surface area contributed by atoms with Gasteiger partial charge in [0, 0.05) is 18.8 Å². The van der Waals surface area contributed by atoms with Gasteiger partial charge in [0.2, 0.25) is 11.8 Å². The van der Waals surface area contributed by atoms with Crippen LogP contribution in [0.4, 0.5) is 4.79 Å². The second kappa shape index (κ2) is 9.51. The molecule has 2 amide bonds. The molecule has 1 aromatic heterocycles. The van der Waals surface area contributed by atoms with E-state index in [0.717, 1.165) is 18.4 Å². The van der Waals surface area contributed by atoms with Crippen LogP contribution >= 0.6 is 0 Å². The van der Waals surface area contributed by atoms with E-state index < -0.39 is 6.09 Å². The Labute approximate surface area is 157 Å². The van der Waals surface area contributed by atoms with Crippen LogP contribution in [0.2, 0.25) is 0 Å². The van der Waals surface area contributed by atoms with E-state index in [9.17, 15) is 9.59 Å². The van der Waals surface area contributed by atoms with E-state index in [2.05, 4.69) is 15.3 Å². The molecular weight excluding hydrogens is 348 g/mol. The number of amides is 2. The number of carbonyl (C=O) groups excluding carboxylic acids is 2. The van der Waals surface area contributed by atoms with E-state index in [0.29, 0.717) is 19.0 Å². The van der Waals surface area contributed by atoms with Crippen LogP contribution in [-0.2, 0) is 16.1 Å². The van der Waals surface area contributed by atoms with Crippen LogP contribution < -0.4 is 10.1 Å². The van der Waals surface area contributed by atoms with Gasteiger partial charge in [-0.15, -0.1) is 0 Å². The molecule has 8 nitrogen and oxygen atoms in total. The zero-order valence-corrected chi connectivity index (χ0v) is 14.9. The molecule has 0 bridgehead atoms. The summed E-state index contributed by atoms with van der Waals surface area (Å²) in [5.74, 6) is 0.328. The Morgan fingerprint density at radius 2 is 2.07 bits per heavy atom. The number of piperidine rings is 1. The second-order valence-corrected chi connectivity index (χ2v) is 6.18. The first kappa shape index (κ1) is 18.6. The topological polar surface area (TPSA) is 93.7 Å². The van der Waals surface area contributed by atoms with E-state index in [1.54, 1.807) is 17.2 Å². The summed E-state index contributed by atoms with van der Waals surface area (Å²) in [7, 11) is 0. The third-order valence-corrected chi connectivity index (χ3v) is 4.17. The number of aromatic nitrogens is 2. The third kappa shape index (κ3) is 5.95. The molecule has 1 N–H and O–H groups in total.